The Labute approximate surface area is 190 Å². The van der Waals surface area contributed by atoms with Crippen molar-refractivity contribution < 1.29 is 9.53 Å². The highest BCUT2D eigenvalue weighted by molar-refractivity contribution is 7.14. The summed E-state index contributed by atoms with van der Waals surface area (Å²) in [6, 6.07) is 8.75. The monoisotopic (exact) mass is 471 g/mol. The number of aromatic nitrogens is 4. The van der Waals surface area contributed by atoms with Crippen LogP contribution in [0.3, 0.4) is 0 Å². The molecule has 1 amide bonds. The maximum Gasteiger partial charge on any atom is 0.332 e. The van der Waals surface area contributed by atoms with E-state index in [4.69, 9.17) is 16.3 Å². The number of hydrogen-bond donors (Lipinski definition) is 1. The minimum absolute atomic E-state index is 0.126. The zero-order valence-electron chi connectivity index (χ0n) is 17.4. The molecule has 0 fully saturated rings. The van der Waals surface area contributed by atoms with Gasteiger partial charge in [0, 0.05) is 36.1 Å². The number of fused-ring (bicyclic) bond motifs is 1. The lowest BCUT2D eigenvalue weighted by Crippen LogP contribution is -2.38. The minimum atomic E-state index is -0.527. The summed E-state index contributed by atoms with van der Waals surface area (Å²) in [5.74, 6) is -0.171. The van der Waals surface area contributed by atoms with Gasteiger partial charge >= 0.3 is 5.69 Å². The molecule has 0 aliphatic rings. The van der Waals surface area contributed by atoms with Crippen LogP contribution in [0, 0.1) is 0 Å². The summed E-state index contributed by atoms with van der Waals surface area (Å²) in [6.07, 6.45) is -0.126. The minimum Gasteiger partial charge on any atom is -0.481 e. The molecule has 164 valence electrons. The van der Waals surface area contributed by atoms with E-state index in [0.717, 1.165) is 10.1 Å². The summed E-state index contributed by atoms with van der Waals surface area (Å²) >= 11 is 7.21. The zero-order valence-corrected chi connectivity index (χ0v) is 19.0. The smallest absolute Gasteiger partial charge is 0.332 e. The number of anilines is 1. The molecule has 3 aromatic heterocycles. The Hall–Kier alpha value is -3.50. The highest BCUT2D eigenvalue weighted by atomic mass is 35.5. The molecule has 11 heteroatoms. The third kappa shape index (κ3) is 4.02. The lowest BCUT2D eigenvalue weighted by Gasteiger charge is -2.12. The SMILES string of the molecule is COc1cc(CC(=O)Nc2nc(-c3ccc(Cl)cc3)cs2)c2c(=O)n(C)c(=O)n(C)c2n1. The van der Waals surface area contributed by atoms with E-state index in [2.05, 4.69) is 15.3 Å². The average molecular weight is 472 g/mol. The summed E-state index contributed by atoms with van der Waals surface area (Å²) in [5.41, 5.74) is 1.09. The van der Waals surface area contributed by atoms with Gasteiger partial charge in [-0.1, -0.05) is 23.7 Å². The van der Waals surface area contributed by atoms with Gasteiger partial charge in [-0.2, -0.15) is 4.98 Å². The van der Waals surface area contributed by atoms with E-state index < -0.39 is 11.2 Å². The molecule has 0 unspecified atom stereocenters. The largest absolute Gasteiger partial charge is 0.481 e. The summed E-state index contributed by atoms with van der Waals surface area (Å²) in [6.45, 7) is 0. The first kappa shape index (κ1) is 21.7. The summed E-state index contributed by atoms with van der Waals surface area (Å²) in [4.78, 5) is 46.5. The molecule has 9 nitrogen and oxygen atoms in total. The van der Waals surface area contributed by atoms with Crippen LogP contribution in [0.15, 0.2) is 45.3 Å². The van der Waals surface area contributed by atoms with E-state index >= 15 is 0 Å². The van der Waals surface area contributed by atoms with Crippen LogP contribution >= 0.6 is 22.9 Å². The molecule has 0 aliphatic heterocycles. The number of amides is 1. The number of rotatable bonds is 5. The van der Waals surface area contributed by atoms with Crippen molar-refractivity contribution in [2.75, 3.05) is 12.4 Å². The quantitative estimate of drug-likeness (QED) is 0.479. The van der Waals surface area contributed by atoms with Gasteiger partial charge in [0.1, 0.15) is 0 Å². The molecule has 0 radical (unpaired) electrons. The standard InChI is InChI=1S/C21H18ClN5O4S/c1-26-18-17(19(29)27(2)21(26)30)12(9-16(25-18)31-3)8-15(28)24-20-23-14(10-32-20)11-4-6-13(22)7-5-11/h4-7,9-10H,8H2,1-3H3,(H,23,24,28). The maximum absolute atomic E-state index is 12.8. The molecule has 0 saturated carbocycles. The Morgan fingerprint density at radius 2 is 1.88 bits per heavy atom. The molecule has 0 saturated heterocycles. The van der Waals surface area contributed by atoms with Gasteiger partial charge in [0.25, 0.3) is 5.56 Å². The maximum atomic E-state index is 12.8. The number of halogens is 1. The molecule has 1 aromatic carbocycles. The van der Waals surface area contributed by atoms with E-state index in [1.54, 1.807) is 12.1 Å². The molecular formula is C21H18ClN5O4S. The second-order valence-corrected chi connectivity index (χ2v) is 8.29. The average Bonchev–Trinajstić information content (AvgIpc) is 3.24. The Balaban J connectivity index is 1.65. The van der Waals surface area contributed by atoms with Crippen LogP contribution in [0.2, 0.25) is 5.02 Å². The Kier molecular flexibility index (Phi) is 5.81. The van der Waals surface area contributed by atoms with Gasteiger partial charge in [0.15, 0.2) is 10.8 Å². The van der Waals surface area contributed by atoms with E-state index in [1.165, 1.54) is 43.2 Å². The van der Waals surface area contributed by atoms with Crippen molar-refractivity contribution >= 4 is 45.0 Å². The number of aryl methyl sites for hydroxylation is 1. The van der Waals surface area contributed by atoms with Crippen LogP contribution in [0.1, 0.15) is 5.56 Å². The number of thiazole rings is 1. The second-order valence-electron chi connectivity index (χ2n) is 7.00. The number of hydrogen-bond acceptors (Lipinski definition) is 7. The van der Waals surface area contributed by atoms with Crippen molar-refractivity contribution in [2.45, 2.75) is 6.42 Å². The van der Waals surface area contributed by atoms with Crippen molar-refractivity contribution in [1.29, 1.82) is 0 Å². The van der Waals surface area contributed by atoms with Crippen molar-refractivity contribution in [3.05, 3.63) is 67.1 Å². The van der Waals surface area contributed by atoms with Gasteiger partial charge in [0.2, 0.25) is 11.8 Å². The summed E-state index contributed by atoms with van der Waals surface area (Å²) in [5, 5.41) is 5.82. The lowest BCUT2D eigenvalue weighted by atomic mass is 10.1. The topological polar surface area (TPSA) is 108 Å². The Morgan fingerprint density at radius 3 is 2.56 bits per heavy atom. The Bertz CT molecular complexity index is 1460. The first-order valence-corrected chi connectivity index (χ1v) is 10.7. The third-order valence-electron chi connectivity index (χ3n) is 4.92. The number of carbonyl (C=O) groups is 1. The fraction of sp³-hybridized carbons (Fsp3) is 0.190. The summed E-state index contributed by atoms with van der Waals surface area (Å²) < 4.78 is 7.43. The van der Waals surface area contributed by atoms with E-state index in [1.807, 2.05) is 17.5 Å². The number of nitrogens with one attached hydrogen (secondary N) is 1. The molecular weight excluding hydrogens is 454 g/mol. The third-order valence-corrected chi connectivity index (χ3v) is 5.93. The zero-order chi connectivity index (χ0) is 23.0. The number of ether oxygens (including phenoxy) is 1. The molecule has 0 atom stereocenters. The van der Waals surface area contributed by atoms with Crippen molar-refractivity contribution in [2.24, 2.45) is 14.1 Å². The molecule has 0 spiro atoms. The van der Waals surface area contributed by atoms with Gasteiger partial charge in [-0.3, -0.25) is 18.7 Å². The molecule has 4 aromatic rings. The van der Waals surface area contributed by atoms with Crippen LogP contribution in [-0.4, -0.2) is 32.1 Å². The van der Waals surface area contributed by atoms with Crippen molar-refractivity contribution in [3.63, 3.8) is 0 Å². The number of nitrogens with zero attached hydrogens (tertiary/aromatic N) is 4. The van der Waals surface area contributed by atoms with E-state index in [-0.39, 0.29) is 29.2 Å². The van der Waals surface area contributed by atoms with Gasteiger partial charge in [-0.25, -0.2) is 9.78 Å². The molecule has 32 heavy (non-hydrogen) atoms. The second kappa shape index (κ2) is 8.56. The fourth-order valence-electron chi connectivity index (χ4n) is 3.27. The lowest BCUT2D eigenvalue weighted by molar-refractivity contribution is -0.115. The van der Waals surface area contributed by atoms with Gasteiger partial charge < -0.3 is 10.1 Å². The molecule has 3 heterocycles. The number of carbonyl (C=O) groups excluding carboxylic acids is 1. The van der Waals surface area contributed by atoms with Gasteiger partial charge in [-0.05, 0) is 17.7 Å². The fourth-order valence-corrected chi connectivity index (χ4v) is 4.13. The van der Waals surface area contributed by atoms with Crippen LogP contribution < -0.4 is 21.3 Å². The number of methoxy groups -OCH3 is 1. The normalized spacial score (nSPS) is 11.0. The molecule has 4 rings (SSSR count). The Morgan fingerprint density at radius 1 is 1.16 bits per heavy atom. The predicted molar refractivity (Wildman–Crippen MR) is 124 cm³/mol. The van der Waals surface area contributed by atoms with Gasteiger partial charge in [-0.15, -0.1) is 11.3 Å². The predicted octanol–water partition coefficient (Wildman–Crippen LogP) is 2.60. The van der Waals surface area contributed by atoms with E-state index in [9.17, 15) is 14.4 Å². The van der Waals surface area contributed by atoms with Crippen LogP contribution in [0.25, 0.3) is 22.3 Å². The first-order chi connectivity index (χ1) is 15.3. The van der Waals surface area contributed by atoms with Crippen LogP contribution in [-0.2, 0) is 25.3 Å². The molecule has 0 aliphatic carbocycles. The number of pyridine rings is 1. The molecule has 1 N–H and O–H groups in total. The van der Waals surface area contributed by atoms with Crippen LogP contribution in [0.5, 0.6) is 5.88 Å². The molecule has 0 bridgehead atoms. The van der Waals surface area contributed by atoms with Crippen molar-refractivity contribution in [1.82, 2.24) is 19.1 Å². The highest BCUT2D eigenvalue weighted by Crippen LogP contribution is 2.26. The highest BCUT2D eigenvalue weighted by Gasteiger charge is 2.18. The summed E-state index contributed by atoms with van der Waals surface area (Å²) in [7, 11) is 4.31. The van der Waals surface area contributed by atoms with E-state index in [0.29, 0.717) is 21.4 Å². The first-order valence-electron chi connectivity index (χ1n) is 9.43. The van der Waals surface area contributed by atoms with Crippen molar-refractivity contribution in [3.8, 4) is 17.1 Å². The van der Waals surface area contributed by atoms with Crippen LogP contribution in [0.4, 0.5) is 5.13 Å². The van der Waals surface area contributed by atoms with Gasteiger partial charge in [0.05, 0.1) is 24.6 Å². The number of benzene rings is 1.